The normalized spacial score (nSPS) is 10.2. The fourth-order valence-corrected chi connectivity index (χ4v) is 2.39. The van der Waals surface area contributed by atoms with Crippen LogP contribution in [0.5, 0.6) is 0 Å². The van der Waals surface area contributed by atoms with E-state index in [0.29, 0.717) is 16.4 Å². The summed E-state index contributed by atoms with van der Waals surface area (Å²) in [6, 6.07) is 5.86. The number of anilines is 1. The van der Waals surface area contributed by atoms with Crippen LogP contribution >= 0.6 is 11.3 Å². The molecule has 1 heterocycles. The molecule has 0 unspecified atom stereocenters. The van der Waals surface area contributed by atoms with Gasteiger partial charge in [0.25, 0.3) is 0 Å². The average molecular weight is 308 g/mol. The van der Waals surface area contributed by atoms with Crippen LogP contribution in [-0.2, 0) is 27.2 Å². The minimum Gasteiger partial charge on any atom is -0.469 e. The number of carbonyl (C=O) groups excluding carboxylic acids is 2. The van der Waals surface area contributed by atoms with Crippen LogP contribution in [0.25, 0.3) is 0 Å². The van der Waals surface area contributed by atoms with E-state index in [-0.39, 0.29) is 24.6 Å². The number of benzene rings is 1. The first-order valence-corrected chi connectivity index (χ1v) is 7.00. The van der Waals surface area contributed by atoms with Gasteiger partial charge in [-0.2, -0.15) is 0 Å². The van der Waals surface area contributed by atoms with E-state index in [4.69, 9.17) is 0 Å². The van der Waals surface area contributed by atoms with Gasteiger partial charge < -0.3 is 10.1 Å². The molecule has 21 heavy (non-hydrogen) atoms. The molecule has 0 radical (unpaired) electrons. The van der Waals surface area contributed by atoms with Gasteiger partial charge in [0.15, 0.2) is 5.13 Å². The minimum atomic E-state index is -0.391. The zero-order valence-electron chi connectivity index (χ0n) is 11.3. The number of ether oxygens (including phenoxy) is 1. The van der Waals surface area contributed by atoms with Crippen LogP contribution < -0.4 is 5.32 Å². The Kier molecular flexibility index (Phi) is 4.99. The molecule has 0 aliphatic heterocycles. The highest BCUT2D eigenvalue weighted by atomic mass is 32.1. The molecule has 0 atom stereocenters. The summed E-state index contributed by atoms with van der Waals surface area (Å²) in [7, 11) is 1.30. The maximum atomic E-state index is 13.0. The van der Waals surface area contributed by atoms with Gasteiger partial charge in [0.1, 0.15) is 5.82 Å². The van der Waals surface area contributed by atoms with Crippen molar-refractivity contribution in [2.75, 3.05) is 12.4 Å². The third-order valence-electron chi connectivity index (χ3n) is 2.60. The molecule has 1 aromatic carbocycles. The highest BCUT2D eigenvalue weighted by Crippen LogP contribution is 2.16. The predicted octanol–water partition coefficient (Wildman–Crippen LogP) is 2.18. The number of rotatable bonds is 5. The van der Waals surface area contributed by atoms with Crippen molar-refractivity contribution in [2.45, 2.75) is 12.8 Å². The lowest BCUT2D eigenvalue weighted by Gasteiger charge is -2.02. The van der Waals surface area contributed by atoms with Gasteiger partial charge in [-0.1, -0.05) is 12.1 Å². The lowest BCUT2D eigenvalue weighted by molar-refractivity contribution is -0.139. The highest BCUT2D eigenvalue weighted by molar-refractivity contribution is 7.13. The summed E-state index contributed by atoms with van der Waals surface area (Å²) in [4.78, 5) is 27.0. The second-order valence-corrected chi connectivity index (χ2v) is 5.11. The molecular formula is C14H13FN2O3S. The number of hydrogen-bond donors (Lipinski definition) is 1. The van der Waals surface area contributed by atoms with Gasteiger partial charge in [0, 0.05) is 5.38 Å². The summed E-state index contributed by atoms with van der Waals surface area (Å²) in [6.45, 7) is 0. The van der Waals surface area contributed by atoms with E-state index in [2.05, 4.69) is 15.0 Å². The van der Waals surface area contributed by atoms with Gasteiger partial charge in [-0.15, -0.1) is 11.3 Å². The molecule has 2 aromatic rings. The first-order chi connectivity index (χ1) is 10.1. The minimum absolute atomic E-state index is 0.0592. The van der Waals surface area contributed by atoms with Crippen molar-refractivity contribution in [3.8, 4) is 0 Å². The Bertz CT molecular complexity index is 657. The Labute approximate surface area is 124 Å². The number of hydrogen-bond acceptors (Lipinski definition) is 5. The van der Waals surface area contributed by atoms with Crippen molar-refractivity contribution in [3.05, 3.63) is 46.7 Å². The summed E-state index contributed by atoms with van der Waals surface area (Å²) in [5.41, 5.74) is 1.12. The van der Waals surface area contributed by atoms with Crippen molar-refractivity contribution in [2.24, 2.45) is 0 Å². The van der Waals surface area contributed by atoms with E-state index in [1.165, 1.54) is 30.6 Å². The van der Waals surface area contributed by atoms with E-state index in [1.54, 1.807) is 17.5 Å². The fourth-order valence-electron chi connectivity index (χ4n) is 1.66. The van der Waals surface area contributed by atoms with Gasteiger partial charge in [0.2, 0.25) is 5.91 Å². The maximum absolute atomic E-state index is 13.0. The molecule has 0 saturated carbocycles. The van der Waals surface area contributed by atoms with E-state index < -0.39 is 5.97 Å². The van der Waals surface area contributed by atoms with Gasteiger partial charge >= 0.3 is 5.97 Å². The maximum Gasteiger partial charge on any atom is 0.311 e. The van der Waals surface area contributed by atoms with Crippen molar-refractivity contribution in [3.63, 3.8) is 0 Å². The molecule has 0 saturated heterocycles. The van der Waals surface area contributed by atoms with Crippen molar-refractivity contribution < 1.29 is 18.7 Å². The Morgan fingerprint density at radius 2 is 2.19 bits per heavy atom. The molecule has 0 aliphatic rings. The number of thiazole rings is 1. The number of esters is 1. The molecule has 0 aliphatic carbocycles. The predicted molar refractivity (Wildman–Crippen MR) is 76.6 cm³/mol. The van der Waals surface area contributed by atoms with Crippen LogP contribution in [-0.4, -0.2) is 24.0 Å². The Morgan fingerprint density at radius 3 is 2.90 bits per heavy atom. The lowest BCUT2D eigenvalue weighted by Crippen LogP contribution is -2.14. The van der Waals surface area contributed by atoms with Gasteiger partial charge in [-0.3, -0.25) is 9.59 Å². The van der Waals surface area contributed by atoms with Crippen LogP contribution in [0.3, 0.4) is 0 Å². The topological polar surface area (TPSA) is 68.3 Å². The molecule has 0 bridgehead atoms. The van der Waals surface area contributed by atoms with E-state index in [0.717, 1.165) is 0 Å². The van der Waals surface area contributed by atoms with E-state index in [1.807, 2.05) is 0 Å². The zero-order chi connectivity index (χ0) is 15.2. The quantitative estimate of drug-likeness (QED) is 0.860. The summed E-state index contributed by atoms with van der Waals surface area (Å²) < 4.78 is 17.6. The molecule has 2 rings (SSSR count). The summed E-state index contributed by atoms with van der Waals surface area (Å²) in [6.07, 6.45) is 0.121. The number of nitrogens with one attached hydrogen (secondary N) is 1. The first kappa shape index (κ1) is 15.1. The third kappa shape index (κ3) is 4.64. The van der Waals surface area contributed by atoms with Crippen molar-refractivity contribution in [1.29, 1.82) is 0 Å². The van der Waals surface area contributed by atoms with Gasteiger partial charge in [-0.05, 0) is 17.7 Å². The molecule has 0 fully saturated rings. The molecule has 110 valence electrons. The monoisotopic (exact) mass is 308 g/mol. The summed E-state index contributed by atoms with van der Waals surface area (Å²) in [5.74, 6) is -1.06. The standard InChI is InChI=1S/C14H13FN2O3S/c1-20-13(19)7-11-8-21-14(16-11)17-12(18)6-9-3-2-4-10(15)5-9/h2-5,8H,6-7H2,1H3,(H,16,17,18). The molecule has 5 nitrogen and oxygen atoms in total. The van der Waals surface area contributed by atoms with Crippen molar-refractivity contribution >= 4 is 28.3 Å². The van der Waals surface area contributed by atoms with Crippen molar-refractivity contribution in [1.82, 2.24) is 4.98 Å². The average Bonchev–Trinajstić information content (AvgIpc) is 2.85. The summed E-state index contributed by atoms with van der Waals surface area (Å²) in [5, 5.41) is 4.69. The smallest absolute Gasteiger partial charge is 0.311 e. The Morgan fingerprint density at radius 1 is 1.38 bits per heavy atom. The number of amides is 1. The Hall–Kier alpha value is -2.28. The second-order valence-electron chi connectivity index (χ2n) is 4.25. The van der Waals surface area contributed by atoms with Gasteiger partial charge in [-0.25, -0.2) is 9.37 Å². The lowest BCUT2D eigenvalue weighted by atomic mass is 10.1. The highest BCUT2D eigenvalue weighted by Gasteiger charge is 2.10. The third-order valence-corrected chi connectivity index (χ3v) is 3.41. The fraction of sp³-hybridized carbons (Fsp3) is 0.214. The molecule has 1 amide bonds. The Balaban J connectivity index is 1.92. The van der Waals surface area contributed by atoms with Crippen LogP contribution in [0, 0.1) is 5.82 Å². The van der Waals surface area contributed by atoms with Crippen LogP contribution in [0.15, 0.2) is 29.6 Å². The number of methoxy groups -OCH3 is 1. The molecule has 7 heteroatoms. The van der Waals surface area contributed by atoms with Crippen LogP contribution in [0.2, 0.25) is 0 Å². The second kappa shape index (κ2) is 6.94. The van der Waals surface area contributed by atoms with E-state index in [9.17, 15) is 14.0 Å². The van der Waals surface area contributed by atoms with Gasteiger partial charge in [0.05, 0.1) is 25.6 Å². The first-order valence-electron chi connectivity index (χ1n) is 6.12. The van der Waals surface area contributed by atoms with E-state index >= 15 is 0 Å². The SMILES string of the molecule is COC(=O)Cc1csc(NC(=O)Cc2cccc(F)c2)n1. The van der Waals surface area contributed by atoms with Crippen LogP contribution in [0.1, 0.15) is 11.3 Å². The molecule has 0 spiro atoms. The number of halogens is 1. The zero-order valence-corrected chi connectivity index (χ0v) is 12.1. The molecule has 1 aromatic heterocycles. The summed E-state index contributed by atoms with van der Waals surface area (Å²) >= 11 is 1.22. The largest absolute Gasteiger partial charge is 0.469 e. The number of aromatic nitrogens is 1. The number of carbonyl (C=O) groups is 2. The molecular weight excluding hydrogens is 295 g/mol. The number of nitrogens with zero attached hydrogens (tertiary/aromatic N) is 1. The van der Waals surface area contributed by atoms with Crippen LogP contribution in [0.4, 0.5) is 9.52 Å². The molecule has 1 N–H and O–H groups in total.